The van der Waals surface area contributed by atoms with E-state index in [-0.39, 0.29) is 11.3 Å². The van der Waals surface area contributed by atoms with E-state index in [0.29, 0.717) is 12.3 Å². The molecule has 0 bridgehead atoms. The molecule has 2 heteroatoms. The third-order valence-electron chi connectivity index (χ3n) is 5.06. The van der Waals surface area contributed by atoms with Crippen molar-refractivity contribution >= 4 is 0 Å². The summed E-state index contributed by atoms with van der Waals surface area (Å²) in [5.74, 6) is 0.697. The van der Waals surface area contributed by atoms with Crippen molar-refractivity contribution in [3.05, 3.63) is 23.8 Å². The Morgan fingerprint density at radius 2 is 2.12 bits per heavy atom. The first kappa shape index (κ1) is 12.8. The van der Waals surface area contributed by atoms with Crippen molar-refractivity contribution in [3.63, 3.8) is 0 Å². The van der Waals surface area contributed by atoms with Gasteiger partial charge >= 0.3 is 0 Å². The number of rotatable bonds is 1. The van der Waals surface area contributed by atoms with Gasteiger partial charge in [-0.05, 0) is 42.6 Å². The Bertz CT molecular complexity index is 358. The van der Waals surface area contributed by atoms with Crippen LogP contribution in [-0.2, 0) is 0 Å². The number of fused-ring (bicyclic) bond motifs is 1. The molecule has 0 amide bonds. The minimum atomic E-state index is -0.461. The van der Waals surface area contributed by atoms with Gasteiger partial charge in [0.1, 0.15) is 0 Å². The van der Waals surface area contributed by atoms with Gasteiger partial charge in [0.15, 0.2) is 0 Å². The predicted molar refractivity (Wildman–Crippen MR) is 69.5 cm³/mol. The smallest absolute Gasteiger partial charge is 0.0780 e. The highest BCUT2D eigenvalue weighted by Gasteiger charge is 2.48. The number of hydrogen-bond acceptors (Lipinski definition) is 2. The highest BCUT2D eigenvalue weighted by Crippen LogP contribution is 2.52. The topological polar surface area (TPSA) is 40.5 Å². The van der Waals surface area contributed by atoms with Crippen LogP contribution in [0.2, 0.25) is 0 Å². The van der Waals surface area contributed by atoms with Crippen LogP contribution in [0.25, 0.3) is 0 Å². The zero-order chi connectivity index (χ0) is 12.8. The molecular weight excluding hydrogens is 212 g/mol. The van der Waals surface area contributed by atoms with Gasteiger partial charge in [0, 0.05) is 6.42 Å². The zero-order valence-electron chi connectivity index (χ0n) is 11.1. The molecule has 1 saturated carbocycles. The molecule has 0 spiro atoms. The number of hydrogen-bond donors (Lipinski definition) is 2. The van der Waals surface area contributed by atoms with Gasteiger partial charge in [-0.1, -0.05) is 32.1 Å². The number of allylic oxidation sites excluding steroid dienone is 2. The number of aliphatic hydroxyl groups excluding tert-OH is 2. The maximum Gasteiger partial charge on any atom is 0.0780 e. The molecular formula is C15H24O2. The van der Waals surface area contributed by atoms with Crippen LogP contribution in [0.1, 0.15) is 40.0 Å². The van der Waals surface area contributed by atoms with Crippen LogP contribution in [0, 0.1) is 17.3 Å². The molecule has 2 nitrogen and oxygen atoms in total. The molecule has 0 saturated heterocycles. The molecule has 5 atom stereocenters. The average Bonchev–Trinajstić information content (AvgIpc) is 2.25. The standard InChI is InChI=1S/C15H24O2/c1-9(2)11-5-6-12-14(17)7-13(16)10(3)15(12,4)8-11/h6,10-11,13-14,16-17H,1,5,7-8H2,2-4H3/t10-,11-,13-,14+,15-/m1/s1. The van der Waals surface area contributed by atoms with E-state index in [0.717, 1.165) is 18.4 Å². The molecule has 2 aliphatic rings. The van der Waals surface area contributed by atoms with E-state index in [1.807, 2.05) is 0 Å². The zero-order valence-corrected chi connectivity index (χ0v) is 11.1. The summed E-state index contributed by atoms with van der Waals surface area (Å²) < 4.78 is 0. The van der Waals surface area contributed by atoms with Gasteiger partial charge in [-0.25, -0.2) is 0 Å². The molecule has 0 aromatic carbocycles. The molecule has 2 rings (SSSR count). The van der Waals surface area contributed by atoms with E-state index in [2.05, 4.69) is 33.4 Å². The van der Waals surface area contributed by atoms with Crippen LogP contribution < -0.4 is 0 Å². The molecule has 0 radical (unpaired) electrons. The molecule has 17 heavy (non-hydrogen) atoms. The molecule has 1 fully saturated rings. The van der Waals surface area contributed by atoms with Crippen LogP contribution in [0.15, 0.2) is 23.8 Å². The van der Waals surface area contributed by atoms with E-state index < -0.39 is 12.2 Å². The van der Waals surface area contributed by atoms with Crippen molar-refractivity contribution in [2.24, 2.45) is 17.3 Å². The highest BCUT2D eigenvalue weighted by molar-refractivity contribution is 5.28. The lowest BCUT2D eigenvalue weighted by Gasteiger charge is -2.50. The molecule has 96 valence electrons. The summed E-state index contributed by atoms with van der Waals surface area (Å²) >= 11 is 0. The second-order valence-electron chi connectivity index (χ2n) is 6.17. The summed E-state index contributed by atoms with van der Waals surface area (Å²) in [6.45, 7) is 10.4. The van der Waals surface area contributed by atoms with Crippen LogP contribution in [0.5, 0.6) is 0 Å². The fourth-order valence-electron chi connectivity index (χ4n) is 3.54. The van der Waals surface area contributed by atoms with E-state index in [1.165, 1.54) is 5.57 Å². The molecule has 0 aromatic rings. The molecule has 0 unspecified atom stereocenters. The van der Waals surface area contributed by atoms with E-state index in [4.69, 9.17) is 0 Å². The molecule has 0 aromatic heterocycles. The van der Waals surface area contributed by atoms with Crippen LogP contribution in [0.3, 0.4) is 0 Å². The summed E-state index contributed by atoms with van der Waals surface area (Å²) in [5, 5.41) is 20.2. The van der Waals surface area contributed by atoms with Gasteiger partial charge in [0.05, 0.1) is 12.2 Å². The van der Waals surface area contributed by atoms with Crippen molar-refractivity contribution in [2.45, 2.75) is 52.2 Å². The molecule has 0 heterocycles. The highest BCUT2D eigenvalue weighted by atomic mass is 16.3. The Kier molecular flexibility index (Phi) is 3.21. The Morgan fingerprint density at radius 1 is 1.47 bits per heavy atom. The van der Waals surface area contributed by atoms with E-state index >= 15 is 0 Å². The van der Waals surface area contributed by atoms with Crippen LogP contribution >= 0.6 is 0 Å². The van der Waals surface area contributed by atoms with Crippen molar-refractivity contribution in [1.82, 2.24) is 0 Å². The fraction of sp³-hybridized carbons (Fsp3) is 0.733. The average molecular weight is 236 g/mol. The first-order valence-electron chi connectivity index (χ1n) is 6.58. The fourth-order valence-corrected chi connectivity index (χ4v) is 3.54. The largest absolute Gasteiger partial charge is 0.393 e. The second kappa shape index (κ2) is 4.25. The van der Waals surface area contributed by atoms with Crippen molar-refractivity contribution < 1.29 is 10.2 Å². The maximum absolute atomic E-state index is 10.1. The lowest BCUT2D eigenvalue weighted by molar-refractivity contribution is -0.0349. The summed E-state index contributed by atoms with van der Waals surface area (Å²) in [5.41, 5.74) is 2.29. The summed E-state index contributed by atoms with van der Waals surface area (Å²) in [6.07, 6.45) is 3.81. The predicted octanol–water partition coefficient (Wildman–Crippen LogP) is 2.67. The van der Waals surface area contributed by atoms with Gasteiger partial charge in [0.2, 0.25) is 0 Å². The van der Waals surface area contributed by atoms with Gasteiger partial charge in [-0.2, -0.15) is 0 Å². The molecule has 0 aliphatic heterocycles. The van der Waals surface area contributed by atoms with Gasteiger partial charge in [-0.3, -0.25) is 0 Å². The first-order chi connectivity index (χ1) is 7.86. The minimum Gasteiger partial charge on any atom is -0.393 e. The second-order valence-corrected chi connectivity index (χ2v) is 6.17. The van der Waals surface area contributed by atoms with Crippen LogP contribution in [0.4, 0.5) is 0 Å². The Morgan fingerprint density at radius 3 is 2.71 bits per heavy atom. The molecule has 2 N–H and O–H groups in total. The minimum absolute atomic E-state index is 0.0705. The maximum atomic E-state index is 10.1. The third-order valence-corrected chi connectivity index (χ3v) is 5.06. The first-order valence-corrected chi connectivity index (χ1v) is 6.58. The van der Waals surface area contributed by atoms with Crippen molar-refractivity contribution in [3.8, 4) is 0 Å². The van der Waals surface area contributed by atoms with Crippen LogP contribution in [-0.4, -0.2) is 22.4 Å². The number of aliphatic hydroxyl groups is 2. The third kappa shape index (κ3) is 1.98. The summed E-state index contributed by atoms with van der Waals surface area (Å²) in [4.78, 5) is 0. The van der Waals surface area contributed by atoms with Crippen molar-refractivity contribution in [1.29, 1.82) is 0 Å². The van der Waals surface area contributed by atoms with Gasteiger partial charge in [0.25, 0.3) is 0 Å². The molecule has 2 aliphatic carbocycles. The quantitative estimate of drug-likeness (QED) is 0.687. The van der Waals surface area contributed by atoms with Crippen molar-refractivity contribution in [2.75, 3.05) is 0 Å². The summed E-state index contributed by atoms with van der Waals surface area (Å²) in [7, 11) is 0. The Balaban J connectivity index is 2.35. The monoisotopic (exact) mass is 236 g/mol. The lowest BCUT2D eigenvalue weighted by Crippen LogP contribution is -2.48. The summed E-state index contributed by atoms with van der Waals surface area (Å²) in [6, 6.07) is 0. The Hall–Kier alpha value is -0.600. The normalized spacial score (nSPS) is 46.1. The van der Waals surface area contributed by atoms with E-state index in [9.17, 15) is 10.2 Å². The SMILES string of the molecule is C=C(C)[C@@H]1CC=C2[C@@H](O)C[C@@H](O)[C@@H](C)[C@@]2(C)C1. The Labute approximate surface area is 104 Å². The van der Waals surface area contributed by atoms with Gasteiger partial charge in [-0.15, -0.1) is 0 Å². The lowest BCUT2D eigenvalue weighted by atomic mass is 9.56. The van der Waals surface area contributed by atoms with E-state index in [1.54, 1.807) is 0 Å². The van der Waals surface area contributed by atoms with Gasteiger partial charge < -0.3 is 10.2 Å².